The van der Waals surface area contributed by atoms with Crippen LogP contribution in [0.2, 0.25) is 0 Å². The number of hydrogen-bond acceptors (Lipinski definition) is 7. The molecule has 2 heterocycles. The van der Waals surface area contributed by atoms with Crippen LogP contribution < -0.4 is 22.5 Å². The molecular formula is C21H22N4O6S. The fourth-order valence-electron chi connectivity index (χ4n) is 2.96. The fraction of sp³-hybridized carbons (Fsp3) is 0.286. The number of benzene rings is 1. The van der Waals surface area contributed by atoms with Crippen molar-refractivity contribution in [2.24, 2.45) is 28.2 Å². The van der Waals surface area contributed by atoms with E-state index in [1.54, 1.807) is 31.3 Å². The SMILES string of the molecule is Cn1c(COC(=O)c2ccccc2SCc2cc(=O)n(C)c(=O)n2C)cc(=O)n(C)c1=O. The third-order valence-electron chi connectivity index (χ3n) is 5.08. The van der Waals surface area contributed by atoms with Crippen LogP contribution in [0.5, 0.6) is 0 Å². The molecule has 168 valence electrons. The molecule has 2 aromatic heterocycles. The van der Waals surface area contributed by atoms with Crippen molar-refractivity contribution in [3.05, 3.63) is 95.0 Å². The van der Waals surface area contributed by atoms with Crippen LogP contribution in [-0.2, 0) is 45.3 Å². The number of thioether (sulfide) groups is 1. The van der Waals surface area contributed by atoms with Gasteiger partial charge in [0, 0.05) is 56.7 Å². The summed E-state index contributed by atoms with van der Waals surface area (Å²) in [5, 5.41) is 0. The average Bonchev–Trinajstić information content (AvgIpc) is 2.79. The van der Waals surface area contributed by atoms with E-state index < -0.39 is 28.5 Å². The second-order valence-corrected chi connectivity index (χ2v) is 8.13. The highest BCUT2D eigenvalue weighted by Crippen LogP contribution is 2.26. The molecule has 0 bridgehead atoms. The Hall–Kier alpha value is -3.60. The first-order valence-electron chi connectivity index (χ1n) is 9.52. The quantitative estimate of drug-likeness (QED) is 0.381. The van der Waals surface area contributed by atoms with Crippen LogP contribution in [0.4, 0.5) is 0 Å². The average molecular weight is 458 g/mol. The highest BCUT2D eigenvalue weighted by Gasteiger charge is 2.16. The number of nitrogens with zero attached hydrogens (tertiary/aromatic N) is 4. The molecule has 1 aromatic carbocycles. The summed E-state index contributed by atoms with van der Waals surface area (Å²) in [6.45, 7) is -0.247. The molecule has 0 spiro atoms. The van der Waals surface area contributed by atoms with Crippen molar-refractivity contribution in [2.75, 3.05) is 0 Å². The Morgan fingerprint density at radius 1 is 0.812 bits per heavy atom. The van der Waals surface area contributed by atoms with Gasteiger partial charge in [-0.3, -0.25) is 27.9 Å². The molecule has 0 unspecified atom stereocenters. The van der Waals surface area contributed by atoms with Crippen molar-refractivity contribution in [1.29, 1.82) is 0 Å². The molecule has 0 N–H and O–H groups in total. The van der Waals surface area contributed by atoms with Crippen LogP contribution in [0.3, 0.4) is 0 Å². The zero-order valence-corrected chi connectivity index (χ0v) is 18.8. The fourth-order valence-corrected chi connectivity index (χ4v) is 4.03. The van der Waals surface area contributed by atoms with Crippen LogP contribution in [0.25, 0.3) is 0 Å². The minimum Gasteiger partial charge on any atom is -0.456 e. The van der Waals surface area contributed by atoms with Crippen LogP contribution in [0, 0.1) is 0 Å². The molecule has 0 radical (unpaired) electrons. The van der Waals surface area contributed by atoms with Gasteiger partial charge in [0.2, 0.25) is 0 Å². The molecule has 0 fully saturated rings. The maximum Gasteiger partial charge on any atom is 0.339 e. The maximum absolute atomic E-state index is 12.7. The van der Waals surface area contributed by atoms with Gasteiger partial charge in [-0.25, -0.2) is 14.4 Å². The first kappa shape index (κ1) is 23.1. The lowest BCUT2D eigenvalue weighted by Crippen LogP contribution is -2.38. The molecular weight excluding hydrogens is 436 g/mol. The van der Waals surface area contributed by atoms with E-state index >= 15 is 0 Å². The molecule has 10 nitrogen and oxygen atoms in total. The minimum atomic E-state index is -0.626. The molecule has 32 heavy (non-hydrogen) atoms. The highest BCUT2D eigenvalue weighted by atomic mass is 32.2. The van der Waals surface area contributed by atoms with E-state index in [-0.39, 0.29) is 18.1 Å². The number of carbonyl (C=O) groups excluding carboxylic acids is 1. The van der Waals surface area contributed by atoms with Gasteiger partial charge in [-0.2, -0.15) is 0 Å². The van der Waals surface area contributed by atoms with E-state index in [4.69, 9.17) is 4.74 Å². The lowest BCUT2D eigenvalue weighted by Gasteiger charge is -2.13. The van der Waals surface area contributed by atoms with Crippen LogP contribution in [0.1, 0.15) is 21.7 Å². The van der Waals surface area contributed by atoms with Crippen molar-refractivity contribution < 1.29 is 9.53 Å². The smallest absolute Gasteiger partial charge is 0.339 e. The van der Waals surface area contributed by atoms with Gasteiger partial charge < -0.3 is 4.74 Å². The summed E-state index contributed by atoms with van der Waals surface area (Å²) in [7, 11) is 5.84. The summed E-state index contributed by atoms with van der Waals surface area (Å²) in [5.41, 5.74) is -0.765. The van der Waals surface area contributed by atoms with Crippen molar-refractivity contribution >= 4 is 17.7 Å². The van der Waals surface area contributed by atoms with E-state index in [2.05, 4.69) is 0 Å². The van der Waals surface area contributed by atoms with E-state index in [0.29, 0.717) is 16.2 Å². The van der Waals surface area contributed by atoms with Gasteiger partial charge in [0.15, 0.2) is 0 Å². The zero-order valence-electron chi connectivity index (χ0n) is 18.0. The topological polar surface area (TPSA) is 114 Å². The Kier molecular flexibility index (Phi) is 6.68. The molecule has 0 amide bonds. The van der Waals surface area contributed by atoms with Crippen LogP contribution >= 0.6 is 11.8 Å². The number of hydrogen-bond donors (Lipinski definition) is 0. The van der Waals surface area contributed by atoms with Gasteiger partial charge in [-0.1, -0.05) is 12.1 Å². The van der Waals surface area contributed by atoms with Gasteiger partial charge in [0.1, 0.15) is 6.61 Å². The molecule has 0 saturated heterocycles. The lowest BCUT2D eigenvalue weighted by molar-refractivity contribution is 0.0458. The van der Waals surface area contributed by atoms with E-state index in [1.807, 2.05) is 0 Å². The normalized spacial score (nSPS) is 10.9. The summed E-state index contributed by atoms with van der Waals surface area (Å²) in [6, 6.07) is 9.39. The Morgan fingerprint density at radius 3 is 1.97 bits per heavy atom. The summed E-state index contributed by atoms with van der Waals surface area (Å²) in [4.78, 5) is 61.2. The predicted molar refractivity (Wildman–Crippen MR) is 119 cm³/mol. The van der Waals surface area contributed by atoms with Crippen molar-refractivity contribution in [2.45, 2.75) is 17.3 Å². The second-order valence-electron chi connectivity index (χ2n) is 7.11. The predicted octanol–water partition coefficient (Wildman–Crippen LogP) is 0.131. The number of esters is 1. The number of ether oxygens (including phenoxy) is 1. The van der Waals surface area contributed by atoms with Gasteiger partial charge in [0.25, 0.3) is 11.1 Å². The molecule has 0 aliphatic rings. The summed E-state index contributed by atoms with van der Waals surface area (Å²) in [6.07, 6.45) is 0. The van der Waals surface area contributed by atoms with Crippen LogP contribution in [0.15, 0.2) is 60.5 Å². The molecule has 11 heteroatoms. The van der Waals surface area contributed by atoms with E-state index in [9.17, 15) is 24.0 Å². The lowest BCUT2D eigenvalue weighted by atomic mass is 10.2. The van der Waals surface area contributed by atoms with Crippen molar-refractivity contribution in [3.63, 3.8) is 0 Å². The zero-order chi connectivity index (χ0) is 23.6. The molecule has 0 aliphatic carbocycles. The Bertz CT molecular complexity index is 1430. The minimum absolute atomic E-state index is 0.247. The Morgan fingerprint density at radius 2 is 1.34 bits per heavy atom. The Labute approximate surface area is 186 Å². The number of carbonyl (C=O) groups is 1. The van der Waals surface area contributed by atoms with Gasteiger partial charge in [-0.15, -0.1) is 11.8 Å². The summed E-state index contributed by atoms with van der Waals surface area (Å²) >= 11 is 1.28. The van der Waals surface area contributed by atoms with Gasteiger partial charge in [0.05, 0.1) is 11.3 Å². The summed E-state index contributed by atoms with van der Waals surface area (Å²) in [5.74, 6) is -0.339. The van der Waals surface area contributed by atoms with Crippen molar-refractivity contribution in [1.82, 2.24) is 18.3 Å². The van der Waals surface area contributed by atoms with Crippen molar-refractivity contribution in [3.8, 4) is 0 Å². The van der Waals surface area contributed by atoms with Gasteiger partial charge in [-0.05, 0) is 12.1 Å². The third kappa shape index (κ3) is 4.52. The van der Waals surface area contributed by atoms with E-state index in [0.717, 1.165) is 9.13 Å². The third-order valence-corrected chi connectivity index (χ3v) is 6.19. The maximum atomic E-state index is 12.7. The first-order valence-corrected chi connectivity index (χ1v) is 10.5. The Balaban J connectivity index is 1.79. The number of rotatable bonds is 6. The standard InChI is InChI=1S/C21H22N4O6S/c1-22-13(9-17(26)24(3)20(22)29)11-31-19(28)15-7-5-6-8-16(15)32-12-14-10-18(27)25(4)21(30)23(14)2/h5-10H,11-12H2,1-4H3. The largest absolute Gasteiger partial charge is 0.456 e. The number of aromatic nitrogens is 4. The molecule has 0 saturated carbocycles. The molecule has 3 aromatic rings. The second kappa shape index (κ2) is 9.27. The highest BCUT2D eigenvalue weighted by molar-refractivity contribution is 7.98. The van der Waals surface area contributed by atoms with Gasteiger partial charge >= 0.3 is 17.3 Å². The summed E-state index contributed by atoms with van der Waals surface area (Å²) < 4.78 is 9.95. The molecule has 0 aliphatic heterocycles. The monoisotopic (exact) mass is 458 g/mol. The van der Waals surface area contributed by atoms with Crippen LogP contribution in [-0.4, -0.2) is 24.2 Å². The van der Waals surface area contributed by atoms with E-state index in [1.165, 1.54) is 54.2 Å². The molecule has 0 atom stereocenters. The first-order chi connectivity index (χ1) is 15.1. The molecule has 3 rings (SSSR count).